The molecule has 3 N–H and O–H groups in total. The first-order valence-corrected chi connectivity index (χ1v) is 6.38. The first kappa shape index (κ1) is 11.6. The first-order valence-electron chi connectivity index (χ1n) is 6.38. The van der Waals surface area contributed by atoms with E-state index >= 15 is 0 Å². The molecule has 1 aromatic rings. The highest BCUT2D eigenvalue weighted by Crippen LogP contribution is 2.31. The van der Waals surface area contributed by atoms with Crippen molar-refractivity contribution in [1.29, 1.82) is 0 Å². The van der Waals surface area contributed by atoms with Gasteiger partial charge in [0, 0.05) is 6.04 Å². The highest BCUT2D eigenvalue weighted by molar-refractivity contribution is 5.33. The van der Waals surface area contributed by atoms with Crippen LogP contribution in [0.2, 0.25) is 0 Å². The van der Waals surface area contributed by atoms with Crippen molar-refractivity contribution in [2.75, 3.05) is 13.1 Å². The minimum Gasteiger partial charge on any atom is -0.324 e. The van der Waals surface area contributed by atoms with Crippen LogP contribution in [0.3, 0.4) is 0 Å². The van der Waals surface area contributed by atoms with E-state index in [-0.39, 0.29) is 6.04 Å². The van der Waals surface area contributed by atoms with Crippen LogP contribution in [0, 0.1) is 0 Å². The van der Waals surface area contributed by atoms with Crippen molar-refractivity contribution < 1.29 is 0 Å². The lowest BCUT2D eigenvalue weighted by molar-refractivity contribution is 0.455. The van der Waals surface area contributed by atoms with Gasteiger partial charge in [0.15, 0.2) is 0 Å². The van der Waals surface area contributed by atoms with Crippen molar-refractivity contribution in [3.63, 3.8) is 0 Å². The zero-order valence-electron chi connectivity index (χ0n) is 10.1. The maximum absolute atomic E-state index is 6.19. The fourth-order valence-electron chi connectivity index (χ4n) is 2.57. The van der Waals surface area contributed by atoms with Gasteiger partial charge in [-0.2, -0.15) is 0 Å². The van der Waals surface area contributed by atoms with Gasteiger partial charge in [0.25, 0.3) is 0 Å². The molecule has 0 saturated carbocycles. The molecule has 1 heterocycles. The minimum absolute atomic E-state index is 0.200. The Labute approximate surface area is 98.2 Å². The van der Waals surface area contributed by atoms with E-state index in [4.69, 9.17) is 5.73 Å². The molecule has 0 unspecified atom stereocenters. The smallest absolute Gasteiger partial charge is 0.0295 e. The number of nitrogens with two attached hydrogens (primary N) is 1. The number of nitrogens with one attached hydrogen (secondary N) is 1. The fraction of sp³-hybridized carbons (Fsp3) is 0.571. The minimum atomic E-state index is 0.200. The van der Waals surface area contributed by atoms with Gasteiger partial charge in [0.2, 0.25) is 0 Å². The van der Waals surface area contributed by atoms with Crippen molar-refractivity contribution in [2.24, 2.45) is 5.73 Å². The molecule has 0 bridgehead atoms. The molecule has 0 amide bonds. The number of rotatable bonds is 3. The van der Waals surface area contributed by atoms with Crippen LogP contribution in [-0.4, -0.2) is 13.1 Å². The van der Waals surface area contributed by atoms with Gasteiger partial charge >= 0.3 is 0 Å². The third kappa shape index (κ3) is 2.45. The highest BCUT2D eigenvalue weighted by Gasteiger charge is 2.19. The van der Waals surface area contributed by atoms with E-state index in [1.165, 1.54) is 24.0 Å². The Morgan fingerprint density at radius 1 is 1.31 bits per heavy atom. The van der Waals surface area contributed by atoms with Gasteiger partial charge in [-0.1, -0.05) is 31.2 Å². The van der Waals surface area contributed by atoms with Crippen molar-refractivity contribution in [1.82, 2.24) is 5.32 Å². The van der Waals surface area contributed by atoms with Gasteiger partial charge in [-0.05, 0) is 49.4 Å². The summed E-state index contributed by atoms with van der Waals surface area (Å²) in [6.45, 7) is 4.44. The lowest BCUT2D eigenvalue weighted by Crippen LogP contribution is -2.27. The van der Waals surface area contributed by atoms with Gasteiger partial charge in [0.05, 0.1) is 0 Å². The predicted octanol–water partition coefficient (Wildman–Crippen LogP) is 2.56. The Balaban J connectivity index is 2.24. The summed E-state index contributed by atoms with van der Waals surface area (Å²) in [4.78, 5) is 0. The third-order valence-corrected chi connectivity index (χ3v) is 3.61. The monoisotopic (exact) mass is 218 g/mol. The second kappa shape index (κ2) is 5.46. The molecule has 1 atom stereocenters. The quantitative estimate of drug-likeness (QED) is 0.818. The van der Waals surface area contributed by atoms with Crippen LogP contribution < -0.4 is 11.1 Å². The number of benzene rings is 1. The zero-order chi connectivity index (χ0) is 11.4. The van der Waals surface area contributed by atoms with Crippen LogP contribution in [0.15, 0.2) is 24.3 Å². The largest absolute Gasteiger partial charge is 0.324 e. The van der Waals surface area contributed by atoms with E-state index in [0.29, 0.717) is 5.92 Å². The van der Waals surface area contributed by atoms with E-state index in [1.807, 2.05) is 0 Å². The fourth-order valence-corrected chi connectivity index (χ4v) is 2.57. The Hall–Kier alpha value is -0.860. The van der Waals surface area contributed by atoms with E-state index < -0.39 is 0 Å². The predicted molar refractivity (Wildman–Crippen MR) is 68.5 cm³/mol. The van der Waals surface area contributed by atoms with Crippen molar-refractivity contribution in [2.45, 2.75) is 38.1 Å². The van der Waals surface area contributed by atoms with Gasteiger partial charge in [-0.3, -0.25) is 0 Å². The van der Waals surface area contributed by atoms with Crippen LogP contribution in [0.1, 0.15) is 49.3 Å². The molecule has 1 saturated heterocycles. The molecular weight excluding hydrogens is 196 g/mol. The standard InChI is InChI=1S/C14H22N2/c1-2-14(15)13-6-4-3-5-12(13)11-7-9-16-10-8-11/h3-6,11,14,16H,2,7-10,15H2,1H3/t14-/m0/s1. The molecule has 16 heavy (non-hydrogen) atoms. The number of piperidine rings is 1. The van der Waals surface area contributed by atoms with Gasteiger partial charge < -0.3 is 11.1 Å². The van der Waals surface area contributed by atoms with Crippen molar-refractivity contribution >= 4 is 0 Å². The van der Waals surface area contributed by atoms with Gasteiger partial charge in [0.1, 0.15) is 0 Å². The maximum atomic E-state index is 6.19. The summed E-state index contributed by atoms with van der Waals surface area (Å²) in [5.74, 6) is 0.704. The van der Waals surface area contributed by atoms with E-state index in [2.05, 4.69) is 36.5 Å². The van der Waals surface area contributed by atoms with Gasteiger partial charge in [-0.15, -0.1) is 0 Å². The molecule has 2 nitrogen and oxygen atoms in total. The molecule has 0 aliphatic carbocycles. The highest BCUT2D eigenvalue weighted by atomic mass is 14.9. The van der Waals surface area contributed by atoms with Crippen molar-refractivity contribution in [3.05, 3.63) is 35.4 Å². The molecular formula is C14H22N2. The Morgan fingerprint density at radius 3 is 2.69 bits per heavy atom. The second-order valence-electron chi connectivity index (χ2n) is 4.67. The van der Waals surface area contributed by atoms with E-state index in [1.54, 1.807) is 0 Å². The lowest BCUT2D eigenvalue weighted by atomic mass is 9.85. The molecule has 2 rings (SSSR count). The van der Waals surface area contributed by atoms with Crippen LogP contribution in [0.25, 0.3) is 0 Å². The summed E-state index contributed by atoms with van der Waals surface area (Å²) in [7, 11) is 0. The summed E-state index contributed by atoms with van der Waals surface area (Å²) in [5.41, 5.74) is 9.03. The summed E-state index contributed by atoms with van der Waals surface area (Å²) in [6.07, 6.45) is 3.50. The molecule has 0 aromatic heterocycles. The van der Waals surface area contributed by atoms with E-state index in [9.17, 15) is 0 Å². The maximum Gasteiger partial charge on any atom is 0.0295 e. The number of hydrogen-bond acceptors (Lipinski definition) is 2. The van der Waals surface area contributed by atoms with Crippen LogP contribution in [0.4, 0.5) is 0 Å². The normalized spacial score (nSPS) is 19.6. The van der Waals surface area contributed by atoms with Crippen LogP contribution >= 0.6 is 0 Å². The topological polar surface area (TPSA) is 38.0 Å². The molecule has 1 aliphatic rings. The average Bonchev–Trinajstić information content (AvgIpc) is 2.39. The molecule has 1 fully saturated rings. The second-order valence-corrected chi connectivity index (χ2v) is 4.67. The third-order valence-electron chi connectivity index (χ3n) is 3.61. The van der Waals surface area contributed by atoms with Crippen molar-refractivity contribution in [3.8, 4) is 0 Å². The summed E-state index contributed by atoms with van der Waals surface area (Å²) < 4.78 is 0. The zero-order valence-corrected chi connectivity index (χ0v) is 10.1. The summed E-state index contributed by atoms with van der Waals surface area (Å²) in [5, 5.41) is 3.42. The van der Waals surface area contributed by atoms with Gasteiger partial charge in [-0.25, -0.2) is 0 Å². The van der Waals surface area contributed by atoms with Crippen LogP contribution in [0.5, 0.6) is 0 Å². The molecule has 88 valence electrons. The Morgan fingerprint density at radius 2 is 2.00 bits per heavy atom. The Bertz CT molecular complexity index is 329. The molecule has 0 radical (unpaired) electrons. The number of hydrogen-bond donors (Lipinski definition) is 2. The summed E-state index contributed by atoms with van der Waals surface area (Å²) >= 11 is 0. The molecule has 2 heteroatoms. The Kier molecular flexibility index (Phi) is 3.97. The molecule has 1 aliphatic heterocycles. The lowest BCUT2D eigenvalue weighted by Gasteiger charge is -2.26. The first-order chi connectivity index (χ1) is 7.83. The van der Waals surface area contributed by atoms with Crippen LogP contribution in [-0.2, 0) is 0 Å². The van der Waals surface area contributed by atoms with E-state index in [0.717, 1.165) is 19.5 Å². The molecule has 1 aromatic carbocycles. The summed E-state index contributed by atoms with van der Waals surface area (Å²) in [6, 6.07) is 8.91. The SMILES string of the molecule is CC[C@H](N)c1ccccc1C1CCNCC1. The molecule has 0 spiro atoms. The average molecular weight is 218 g/mol.